The van der Waals surface area contributed by atoms with E-state index in [1.54, 1.807) is 0 Å². The van der Waals surface area contributed by atoms with E-state index in [9.17, 15) is 13.2 Å². The summed E-state index contributed by atoms with van der Waals surface area (Å²) in [7, 11) is 0. The molecule has 0 aliphatic carbocycles. The highest BCUT2D eigenvalue weighted by Crippen LogP contribution is 2.34. The molecule has 0 bridgehead atoms. The number of benzene rings is 1. The molecule has 5 heteroatoms. The number of nitrogens with two attached hydrogens (primary N) is 1. The van der Waals surface area contributed by atoms with Gasteiger partial charge in [-0.15, -0.1) is 0 Å². The first-order valence-corrected chi connectivity index (χ1v) is 4.56. The maximum absolute atomic E-state index is 12.6. The van der Waals surface area contributed by atoms with Crippen molar-refractivity contribution in [3.05, 3.63) is 40.9 Å². The molecular formula is C10H9ClF3N. The fraction of sp³-hybridized carbons (Fsp3) is 0.200. The molecule has 0 spiro atoms. The van der Waals surface area contributed by atoms with Crippen molar-refractivity contribution in [2.45, 2.75) is 6.18 Å². The maximum Gasteiger partial charge on any atom is 0.416 e. The van der Waals surface area contributed by atoms with Crippen molar-refractivity contribution in [1.82, 2.24) is 0 Å². The first-order chi connectivity index (χ1) is 6.95. The normalized spacial score (nSPS) is 13.0. The summed E-state index contributed by atoms with van der Waals surface area (Å²) < 4.78 is 37.7. The highest BCUT2D eigenvalue weighted by Gasteiger charge is 2.34. The zero-order valence-corrected chi connectivity index (χ0v) is 8.44. The second-order valence-electron chi connectivity index (χ2n) is 2.86. The molecule has 1 rings (SSSR count). The Hall–Kier alpha value is -1.00. The number of alkyl halides is 3. The van der Waals surface area contributed by atoms with Gasteiger partial charge in [-0.05, 0) is 17.7 Å². The Balaban J connectivity index is 3.17. The minimum absolute atomic E-state index is 0.0282. The molecule has 0 atom stereocenters. The first kappa shape index (κ1) is 12.1. The summed E-state index contributed by atoms with van der Waals surface area (Å²) in [6.45, 7) is -0.165. The zero-order valence-electron chi connectivity index (χ0n) is 7.68. The number of allylic oxidation sites excluding steroid dienone is 1. The molecule has 0 aliphatic heterocycles. The molecule has 1 aromatic rings. The van der Waals surface area contributed by atoms with Crippen molar-refractivity contribution in [3.63, 3.8) is 0 Å². The van der Waals surface area contributed by atoms with Crippen LogP contribution in [-0.4, -0.2) is 12.7 Å². The van der Waals surface area contributed by atoms with Crippen molar-refractivity contribution in [3.8, 4) is 0 Å². The average molecular weight is 236 g/mol. The second-order valence-corrected chi connectivity index (χ2v) is 3.30. The molecule has 0 fully saturated rings. The fourth-order valence-corrected chi connectivity index (χ4v) is 1.36. The van der Waals surface area contributed by atoms with Crippen LogP contribution in [0.25, 0.3) is 5.57 Å². The van der Waals surface area contributed by atoms with Crippen LogP contribution in [0.2, 0.25) is 5.02 Å². The summed E-state index contributed by atoms with van der Waals surface area (Å²) in [4.78, 5) is 0. The van der Waals surface area contributed by atoms with Gasteiger partial charge in [-0.3, -0.25) is 0 Å². The largest absolute Gasteiger partial charge is 0.416 e. The van der Waals surface area contributed by atoms with Crippen LogP contribution in [0.3, 0.4) is 0 Å². The molecule has 0 radical (unpaired) electrons. The third-order valence-electron chi connectivity index (χ3n) is 1.76. The Morgan fingerprint density at radius 2 is 2.07 bits per heavy atom. The van der Waals surface area contributed by atoms with E-state index in [-0.39, 0.29) is 17.1 Å². The van der Waals surface area contributed by atoms with E-state index in [4.69, 9.17) is 17.3 Å². The Bertz CT molecular complexity index is 371. The molecule has 0 heterocycles. The van der Waals surface area contributed by atoms with Crippen LogP contribution in [0.15, 0.2) is 30.3 Å². The highest BCUT2D eigenvalue weighted by atomic mass is 35.5. The van der Waals surface area contributed by atoms with Gasteiger partial charge in [-0.2, -0.15) is 13.2 Å². The molecule has 0 unspecified atom stereocenters. The maximum atomic E-state index is 12.6. The molecule has 0 amide bonds. The fourth-order valence-electron chi connectivity index (χ4n) is 1.17. The van der Waals surface area contributed by atoms with Crippen molar-refractivity contribution in [1.29, 1.82) is 0 Å². The zero-order chi connectivity index (χ0) is 11.5. The minimum Gasteiger partial charge on any atom is -0.327 e. The lowest BCUT2D eigenvalue weighted by Crippen LogP contribution is -2.12. The Morgan fingerprint density at radius 3 is 2.53 bits per heavy atom. The van der Waals surface area contributed by atoms with Crippen molar-refractivity contribution in [2.24, 2.45) is 5.73 Å². The average Bonchev–Trinajstić information content (AvgIpc) is 2.12. The molecule has 2 N–H and O–H groups in total. The predicted octanol–water partition coefficient (Wildman–Crippen LogP) is 3.24. The van der Waals surface area contributed by atoms with Gasteiger partial charge in [0, 0.05) is 11.6 Å². The van der Waals surface area contributed by atoms with E-state index < -0.39 is 11.7 Å². The van der Waals surface area contributed by atoms with Crippen molar-refractivity contribution >= 4 is 17.2 Å². The summed E-state index contributed by atoms with van der Waals surface area (Å²) in [6, 6.07) is 5.59. The number of hydrogen-bond acceptors (Lipinski definition) is 1. The monoisotopic (exact) mass is 235 g/mol. The summed E-state index contributed by atoms with van der Waals surface area (Å²) in [5.74, 6) is 0. The van der Waals surface area contributed by atoms with E-state index in [0.29, 0.717) is 0 Å². The molecular weight excluding hydrogens is 227 g/mol. The molecule has 0 aromatic heterocycles. The Morgan fingerprint density at radius 1 is 1.40 bits per heavy atom. The van der Waals surface area contributed by atoms with Gasteiger partial charge < -0.3 is 5.73 Å². The molecule has 1 nitrogen and oxygen atoms in total. The van der Waals surface area contributed by atoms with Gasteiger partial charge in [0.05, 0.1) is 5.57 Å². The lowest BCUT2D eigenvalue weighted by atomic mass is 10.1. The van der Waals surface area contributed by atoms with Crippen LogP contribution in [0.4, 0.5) is 13.2 Å². The van der Waals surface area contributed by atoms with Gasteiger partial charge in [0.25, 0.3) is 0 Å². The van der Waals surface area contributed by atoms with Crippen molar-refractivity contribution in [2.75, 3.05) is 6.54 Å². The Labute approximate surface area is 90.3 Å². The number of hydrogen-bond donors (Lipinski definition) is 1. The lowest BCUT2D eigenvalue weighted by molar-refractivity contribution is -0.0690. The smallest absolute Gasteiger partial charge is 0.327 e. The topological polar surface area (TPSA) is 26.0 Å². The van der Waals surface area contributed by atoms with Gasteiger partial charge in [0.15, 0.2) is 0 Å². The second kappa shape index (κ2) is 4.68. The summed E-state index contributed by atoms with van der Waals surface area (Å²) >= 11 is 5.61. The SMILES string of the molecule is NC/C=C(\c1cccc(Cl)c1)C(F)(F)F. The van der Waals surface area contributed by atoms with Gasteiger partial charge in [-0.25, -0.2) is 0 Å². The summed E-state index contributed by atoms with van der Waals surface area (Å²) in [5.41, 5.74) is 4.36. The van der Waals surface area contributed by atoms with E-state index in [0.717, 1.165) is 6.08 Å². The standard InChI is InChI=1S/C10H9ClF3N/c11-8-3-1-2-7(6-8)9(4-5-15)10(12,13)14/h1-4,6H,5,15H2/b9-4+. The Kier molecular flexibility index (Phi) is 3.77. The van der Waals surface area contributed by atoms with Gasteiger partial charge in [0.2, 0.25) is 0 Å². The molecule has 0 saturated heterocycles. The summed E-state index contributed by atoms with van der Waals surface area (Å²) in [5, 5.41) is 0.264. The molecule has 82 valence electrons. The van der Waals surface area contributed by atoms with E-state index in [1.165, 1.54) is 24.3 Å². The van der Waals surface area contributed by atoms with Gasteiger partial charge >= 0.3 is 6.18 Å². The van der Waals surface area contributed by atoms with Crippen LogP contribution in [-0.2, 0) is 0 Å². The summed E-state index contributed by atoms with van der Waals surface area (Å²) in [6.07, 6.45) is -3.48. The van der Waals surface area contributed by atoms with Gasteiger partial charge in [-0.1, -0.05) is 29.8 Å². The van der Waals surface area contributed by atoms with E-state index in [2.05, 4.69) is 0 Å². The minimum atomic E-state index is -4.41. The van der Waals surface area contributed by atoms with Crippen LogP contribution >= 0.6 is 11.6 Å². The highest BCUT2D eigenvalue weighted by molar-refractivity contribution is 6.30. The first-order valence-electron chi connectivity index (χ1n) is 4.18. The third kappa shape index (κ3) is 3.25. The lowest BCUT2D eigenvalue weighted by Gasteiger charge is -2.11. The van der Waals surface area contributed by atoms with Crippen LogP contribution < -0.4 is 5.73 Å². The van der Waals surface area contributed by atoms with Crippen LogP contribution in [0.1, 0.15) is 5.56 Å². The van der Waals surface area contributed by atoms with E-state index in [1.807, 2.05) is 0 Å². The van der Waals surface area contributed by atoms with Crippen LogP contribution in [0.5, 0.6) is 0 Å². The quantitative estimate of drug-likeness (QED) is 0.837. The number of rotatable bonds is 2. The number of halogens is 4. The molecule has 0 saturated carbocycles. The van der Waals surface area contributed by atoms with E-state index >= 15 is 0 Å². The molecule has 1 aromatic carbocycles. The van der Waals surface area contributed by atoms with Gasteiger partial charge in [0.1, 0.15) is 0 Å². The third-order valence-corrected chi connectivity index (χ3v) is 2.00. The molecule has 0 aliphatic rings. The van der Waals surface area contributed by atoms with Crippen molar-refractivity contribution < 1.29 is 13.2 Å². The molecule has 15 heavy (non-hydrogen) atoms. The predicted molar refractivity (Wildman–Crippen MR) is 54.5 cm³/mol. The van der Waals surface area contributed by atoms with Crippen LogP contribution in [0, 0.1) is 0 Å².